The predicted octanol–water partition coefficient (Wildman–Crippen LogP) is 2.16. The van der Waals surface area contributed by atoms with E-state index in [-0.39, 0.29) is 0 Å². The fourth-order valence-corrected chi connectivity index (χ4v) is 2.03. The van der Waals surface area contributed by atoms with Crippen molar-refractivity contribution < 1.29 is 4.74 Å². The average molecular weight is 220 g/mol. The Morgan fingerprint density at radius 3 is 2.94 bits per heavy atom. The van der Waals surface area contributed by atoms with Crippen LogP contribution < -0.4 is 5.32 Å². The molecule has 1 saturated heterocycles. The van der Waals surface area contributed by atoms with Gasteiger partial charge >= 0.3 is 0 Å². The topological polar surface area (TPSA) is 34.1 Å². The zero-order chi connectivity index (χ0) is 11.2. The van der Waals surface area contributed by atoms with Crippen LogP contribution in [-0.4, -0.2) is 24.7 Å². The fraction of sp³-hybridized carbons (Fsp3) is 0.615. The normalized spacial score (nSPS) is 19.6. The Labute approximate surface area is 97.2 Å². The van der Waals surface area contributed by atoms with Crippen molar-refractivity contribution in [2.24, 2.45) is 5.92 Å². The second kappa shape index (κ2) is 5.97. The molecule has 1 N–H and O–H groups in total. The Kier molecular flexibility index (Phi) is 4.31. The maximum absolute atomic E-state index is 5.35. The van der Waals surface area contributed by atoms with Gasteiger partial charge in [0.05, 0.1) is 5.69 Å². The van der Waals surface area contributed by atoms with Crippen molar-refractivity contribution in [2.45, 2.75) is 25.8 Å². The summed E-state index contributed by atoms with van der Waals surface area (Å²) in [5.74, 6) is 0.764. The lowest BCUT2D eigenvalue weighted by Gasteiger charge is -2.24. The van der Waals surface area contributed by atoms with E-state index in [0.717, 1.165) is 31.4 Å². The second-order valence-corrected chi connectivity index (χ2v) is 4.44. The van der Waals surface area contributed by atoms with Gasteiger partial charge in [-0.25, -0.2) is 0 Å². The van der Waals surface area contributed by atoms with Crippen molar-refractivity contribution in [2.75, 3.05) is 19.8 Å². The maximum atomic E-state index is 5.35. The number of rotatable bonds is 4. The van der Waals surface area contributed by atoms with Gasteiger partial charge in [-0.15, -0.1) is 0 Å². The number of nitrogens with zero attached hydrogens (tertiary/aromatic N) is 1. The first kappa shape index (κ1) is 11.6. The van der Waals surface area contributed by atoms with Crippen LogP contribution in [0.25, 0.3) is 0 Å². The van der Waals surface area contributed by atoms with E-state index in [9.17, 15) is 0 Å². The monoisotopic (exact) mass is 220 g/mol. The van der Waals surface area contributed by atoms with Gasteiger partial charge in [0.2, 0.25) is 0 Å². The molecule has 2 rings (SSSR count). The Bertz CT molecular complexity index is 296. The number of hydrogen-bond donors (Lipinski definition) is 1. The Balaban J connectivity index is 1.77. The van der Waals surface area contributed by atoms with Gasteiger partial charge < -0.3 is 10.1 Å². The van der Waals surface area contributed by atoms with E-state index in [1.54, 1.807) is 0 Å². The molecule has 1 aliphatic heterocycles. The minimum absolute atomic E-state index is 0.337. The smallest absolute Gasteiger partial charge is 0.0570 e. The first-order chi connectivity index (χ1) is 7.86. The average Bonchev–Trinajstić information content (AvgIpc) is 2.38. The molecule has 0 spiro atoms. The molecule has 2 heterocycles. The van der Waals surface area contributed by atoms with Crippen LogP contribution in [0.1, 0.15) is 31.5 Å². The third-order valence-corrected chi connectivity index (χ3v) is 3.19. The molecule has 3 heteroatoms. The van der Waals surface area contributed by atoms with Crippen molar-refractivity contribution in [3.8, 4) is 0 Å². The summed E-state index contributed by atoms with van der Waals surface area (Å²) in [6.07, 6.45) is 4.21. The Morgan fingerprint density at radius 2 is 2.25 bits per heavy atom. The SMILES string of the molecule is C[C@@H](NCC1CCOCC1)c1ccccn1. The van der Waals surface area contributed by atoms with Gasteiger partial charge in [0.15, 0.2) is 0 Å². The van der Waals surface area contributed by atoms with Crippen molar-refractivity contribution in [3.05, 3.63) is 30.1 Å². The highest BCUT2D eigenvalue weighted by atomic mass is 16.5. The van der Waals surface area contributed by atoms with Crippen molar-refractivity contribution in [3.63, 3.8) is 0 Å². The minimum atomic E-state index is 0.337. The van der Waals surface area contributed by atoms with E-state index in [0.29, 0.717) is 6.04 Å². The molecule has 1 aromatic rings. The summed E-state index contributed by atoms with van der Waals surface area (Å²) in [6.45, 7) is 5.08. The third-order valence-electron chi connectivity index (χ3n) is 3.19. The number of nitrogens with one attached hydrogen (secondary N) is 1. The van der Waals surface area contributed by atoms with Gasteiger partial charge in [0.1, 0.15) is 0 Å². The largest absolute Gasteiger partial charge is 0.381 e. The van der Waals surface area contributed by atoms with Crippen LogP contribution in [-0.2, 0) is 4.74 Å². The molecule has 16 heavy (non-hydrogen) atoms. The Hall–Kier alpha value is -0.930. The molecule has 3 nitrogen and oxygen atoms in total. The zero-order valence-electron chi connectivity index (χ0n) is 9.86. The van der Waals surface area contributed by atoms with Crippen LogP contribution in [0.5, 0.6) is 0 Å². The van der Waals surface area contributed by atoms with Gasteiger partial charge in [-0.2, -0.15) is 0 Å². The summed E-state index contributed by atoms with van der Waals surface area (Å²) >= 11 is 0. The summed E-state index contributed by atoms with van der Waals surface area (Å²) in [5, 5.41) is 3.55. The molecule has 0 aromatic carbocycles. The van der Waals surface area contributed by atoms with Gasteiger partial charge in [0.25, 0.3) is 0 Å². The van der Waals surface area contributed by atoms with Gasteiger partial charge in [-0.05, 0) is 44.4 Å². The molecule has 0 radical (unpaired) electrons. The molecule has 1 atom stereocenters. The van der Waals surface area contributed by atoms with E-state index in [2.05, 4.69) is 23.3 Å². The molecular formula is C13H20N2O. The molecule has 0 amide bonds. The molecular weight excluding hydrogens is 200 g/mol. The first-order valence-electron chi connectivity index (χ1n) is 6.08. The van der Waals surface area contributed by atoms with E-state index >= 15 is 0 Å². The minimum Gasteiger partial charge on any atom is -0.381 e. The van der Waals surface area contributed by atoms with Crippen LogP contribution in [0.2, 0.25) is 0 Å². The summed E-state index contributed by atoms with van der Waals surface area (Å²) in [5.41, 5.74) is 1.12. The number of ether oxygens (including phenoxy) is 1. The molecule has 0 aliphatic carbocycles. The summed E-state index contributed by atoms with van der Waals surface area (Å²) in [6, 6.07) is 6.40. The van der Waals surface area contributed by atoms with Crippen LogP contribution in [0, 0.1) is 5.92 Å². The molecule has 88 valence electrons. The molecule has 1 aromatic heterocycles. The van der Waals surface area contributed by atoms with E-state index in [1.807, 2.05) is 18.3 Å². The second-order valence-electron chi connectivity index (χ2n) is 4.44. The lowest BCUT2D eigenvalue weighted by atomic mass is 10.00. The summed E-state index contributed by atoms with van der Waals surface area (Å²) < 4.78 is 5.35. The number of hydrogen-bond acceptors (Lipinski definition) is 3. The van der Waals surface area contributed by atoms with Gasteiger partial charge in [-0.1, -0.05) is 6.07 Å². The van der Waals surface area contributed by atoms with E-state index in [1.165, 1.54) is 12.8 Å². The highest BCUT2D eigenvalue weighted by molar-refractivity contribution is 5.07. The van der Waals surface area contributed by atoms with Crippen LogP contribution in [0.15, 0.2) is 24.4 Å². The third kappa shape index (κ3) is 3.29. The highest BCUT2D eigenvalue weighted by Crippen LogP contribution is 2.15. The van der Waals surface area contributed by atoms with Crippen LogP contribution in [0.3, 0.4) is 0 Å². The van der Waals surface area contributed by atoms with E-state index < -0.39 is 0 Å². The zero-order valence-corrected chi connectivity index (χ0v) is 9.86. The maximum Gasteiger partial charge on any atom is 0.0570 e. The van der Waals surface area contributed by atoms with E-state index in [4.69, 9.17) is 4.74 Å². The summed E-state index contributed by atoms with van der Waals surface area (Å²) in [7, 11) is 0. The predicted molar refractivity (Wildman–Crippen MR) is 64.2 cm³/mol. The quantitative estimate of drug-likeness (QED) is 0.844. The van der Waals surface area contributed by atoms with Crippen molar-refractivity contribution >= 4 is 0 Å². The molecule has 1 aliphatic rings. The lowest BCUT2D eigenvalue weighted by Crippen LogP contribution is -2.29. The van der Waals surface area contributed by atoms with Crippen LogP contribution in [0.4, 0.5) is 0 Å². The van der Waals surface area contributed by atoms with Crippen LogP contribution >= 0.6 is 0 Å². The molecule has 0 saturated carbocycles. The highest BCUT2D eigenvalue weighted by Gasteiger charge is 2.15. The molecule has 0 bridgehead atoms. The molecule has 0 unspecified atom stereocenters. The van der Waals surface area contributed by atoms with Crippen molar-refractivity contribution in [1.82, 2.24) is 10.3 Å². The lowest BCUT2D eigenvalue weighted by molar-refractivity contribution is 0.0656. The molecule has 1 fully saturated rings. The number of pyridine rings is 1. The standard InChI is InChI=1S/C13H20N2O/c1-11(13-4-2-3-7-14-13)15-10-12-5-8-16-9-6-12/h2-4,7,11-12,15H,5-6,8-10H2,1H3/t11-/m1/s1. The first-order valence-corrected chi connectivity index (χ1v) is 6.08. The van der Waals surface area contributed by atoms with Gasteiger partial charge in [-0.3, -0.25) is 4.98 Å². The summed E-state index contributed by atoms with van der Waals surface area (Å²) in [4.78, 5) is 4.36. The van der Waals surface area contributed by atoms with Crippen molar-refractivity contribution in [1.29, 1.82) is 0 Å². The fourth-order valence-electron chi connectivity index (χ4n) is 2.03. The number of aromatic nitrogens is 1. The Morgan fingerprint density at radius 1 is 1.44 bits per heavy atom. The van der Waals surface area contributed by atoms with Gasteiger partial charge in [0, 0.05) is 25.5 Å².